The first-order valence-electron chi connectivity index (χ1n) is 4.59. The van der Waals surface area contributed by atoms with Crippen LogP contribution in [-0.2, 0) is 6.42 Å². The van der Waals surface area contributed by atoms with Crippen LogP contribution in [-0.4, -0.2) is 3.92 Å². The van der Waals surface area contributed by atoms with Gasteiger partial charge >= 0.3 is 0 Å². The Labute approximate surface area is 96.3 Å². The second kappa shape index (κ2) is 4.19. The molecule has 0 aliphatic heterocycles. The van der Waals surface area contributed by atoms with Crippen LogP contribution in [0.25, 0.3) is 10.4 Å². The summed E-state index contributed by atoms with van der Waals surface area (Å²) in [6.45, 7) is 0. The summed E-state index contributed by atoms with van der Waals surface area (Å²) in [7, 11) is 0. The molecule has 72 valence electrons. The molecule has 1 aliphatic carbocycles. The normalized spacial score (nSPS) is 24.9. The SMILES string of the molecule is [N-]=[N+]=N[C@H]1c2ccccc2CC[C@H]1I. The lowest BCUT2D eigenvalue weighted by atomic mass is 9.88. The first-order valence-corrected chi connectivity index (χ1v) is 5.83. The van der Waals surface area contributed by atoms with Crippen molar-refractivity contribution >= 4 is 22.6 Å². The van der Waals surface area contributed by atoms with E-state index in [9.17, 15) is 0 Å². The van der Waals surface area contributed by atoms with Gasteiger partial charge < -0.3 is 0 Å². The number of azide groups is 1. The van der Waals surface area contributed by atoms with Crippen LogP contribution in [0, 0.1) is 0 Å². The minimum atomic E-state index is 0.0190. The van der Waals surface area contributed by atoms with E-state index in [0.717, 1.165) is 12.8 Å². The molecule has 1 aromatic rings. The number of fused-ring (bicyclic) bond motifs is 1. The molecule has 0 N–H and O–H groups in total. The fourth-order valence-electron chi connectivity index (χ4n) is 1.89. The first kappa shape index (κ1) is 9.80. The van der Waals surface area contributed by atoms with E-state index >= 15 is 0 Å². The number of alkyl halides is 1. The van der Waals surface area contributed by atoms with Gasteiger partial charge in [0.15, 0.2) is 0 Å². The molecule has 2 atom stereocenters. The van der Waals surface area contributed by atoms with E-state index in [2.05, 4.69) is 44.7 Å². The zero-order chi connectivity index (χ0) is 9.97. The minimum Gasteiger partial charge on any atom is -0.0848 e. The van der Waals surface area contributed by atoms with Crippen molar-refractivity contribution in [1.82, 2.24) is 0 Å². The predicted octanol–water partition coefficient (Wildman–Crippen LogP) is 3.79. The smallest absolute Gasteiger partial charge is 0.0745 e. The van der Waals surface area contributed by atoms with Gasteiger partial charge in [-0.3, -0.25) is 0 Å². The maximum atomic E-state index is 8.52. The number of hydrogen-bond acceptors (Lipinski definition) is 1. The average Bonchev–Trinajstić information content (AvgIpc) is 2.23. The lowest BCUT2D eigenvalue weighted by molar-refractivity contribution is 0.602. The first-order chi connectivity index (χ1) is 6.83. The Balaban J connectivity index is 2.45. The van der Waals surface area contributed by atoms with Crippen molar-refractivity contribution in [2.45, 2.75) is 22.8 Å². The highest BCUT2D eigenvalue weighted by Crippen LogP contribution is 2.37. The van der Waals surface area contributed by atoms with E-state index in [-0.39, 0.29) is 6.04 Å². The maximum Gasteiger partial charge on any atom is 0.0745 e. The Morgan fingerprint density at radius 3 is 3.00 bits per heavy atom. The number of nitrogens with zero attached hydrogens (tertiary/aromatic N) is 3. The van der Waals surface area contributed by atoms with Crippen LogP contribution >= 0.6 is 22.6 Å². The number of halogens is 1. The van der Waals surface area contributed by atoms with Gasteiger partial charge in [0.1, 0.15) is 0 Å². The van der Waals surface area contributed by atoms with E-state index < -0.39 is 0 Å². The van der Waals surface area contributed by atoms with Gasteiger partial charge in [0.05, 0.1) is 6.04 Å². The number of hydrogen-bond donors (Lipinski definition) is 0. The van der Waals surface area contributed by atoms with Crippen molar-refractivity contribution in [3.8, 4) is 0 Å². The van der Waals surface area contributed by atoms with E-state index in [1.165, 1.54) is 11.1 Å². The van der Waals surface area contributed by atoms with Gasteiger partial charge in [0.2, 0.25) is 0 Å². The molecule has 2 rings (SSSR count). The number of rotatable bonds is 1. The summed E-state index contributed by atoms with van der Waals surface area (Å²) >= 11 is 2.37. The molecule has 0 saturated heterocycles. The zero-order valence-electron chi connectivity index (χ0n) is 7.60. The lowest BCUT2D eigenvalue weighted by Gasteiger charge is -2.26. The molecule has 1 aromatic carbocycles. The third kappa shape index (κ3) is 1.72. The van der Waals surface area contributed by atoms with E-state index in [1.54, 1.807) is 0 Å². The Hall–Kier alpha value is -0.740. The van der Waals surface area contributed by atoms with Gasteiger partial charge in [-0.25, -0.2) is 0 Å². The molecule has 0 spiro atoms. The third-order valence-electron chi connectivity index (χ3n) is 2.58. The van der Waals surface area contributed by atoms with Crippen LogP contribution in [0.5, 0.6) is 0 Å². The topological polar surface area (TPSA) is 48.8 Å². The number of aryl methyl sites for hydroxylation is 1. The van der Waals surface area contributed by atoms with Gasteiger partial charge in [-0.2, -0.15) is 0 Å². The molecule has 4 heteroatoms. The highest BCUT2D eigenvalue weighted by molar-refractivity contribution is 14.1. The Morgan fingerprint density at radius 2 is 2.21 bits per heavy atom. The summed E-state index contributed by atoms with van der Waals surface area (Å²) in [6, 6.07) is 8.26. The van der Waals surface area contributed by atoms with E-state index in [4.69, 9.17) is 5.53 Å². The summed E-state index contributed by atoms with van der Waals surface area (Å²) in [4.78, 5) is 2.93. The molecular formula is C10H10IN3. The molecule has 1 aliphatic rings. The van der Waals surface area contributed by atoms with Crippen molar-refractivity contribution in [3.05, 3.63) is 45.8 Å². The molecule has 0 fully saturated rings. The maximum absolute atomic E-state index is 8.52. The fraction of sp³-hybridized carbons (Fsp3) is 0.400. The summed E-state index contributed by atoms with van der Waals surface area (Å²) in [5, 5.41) is 3.88. The molecule has 0 amide bonds. The van der Waals surface area contributed by atoms with Gasteiger partial charge in [0.25, 0.3) is 0 Å². The van der Waals surface area contributed by atoms with Gasteiger partial charge in [-0.15, -0.1) is 0 Å². The molecule has 0 aromatic heterocycles. The van der Waals surface area contributed by atoms with Gasteiger partial charge in [0, 0.05) is 8.84 Å². The molecular weight excluding hydrogens is 289 g/mol. The van der Waals surface area contributed by atoms with Crippen LogP contribution in [0.3, 0.4) is 0 Å². The highest BCUT2D eigenvalue weighted by Gasteiger charge is 2.26. The summed E-state index contributed by atoms with van der Waals surface area (Å²) < 4.78 is 0.429. The van der Waals surface area contributed by atoms with E-state index in [1.807, 2.05) is 12.1 Å². The third-order valence-corrected chi connectivity index (χ3v) is 3.89. The molecule has 14 heavy (non-hydrogen) atoms. The van der Waals surface area contributed by atoms with E-state index in [0.29, 0.717) is 3.92 Å². The average molecular weight is 299 g/mol. The van der Waals surface area contributed by atoms with Crippen LogP contribution in [0.2, 0.25) is 0 Å². The molecule has 0 unspecified atom stereocenters. The van der Waals surface area contributed by atoms with Crippen molar-refractivity contribution in [1.29, 1.82) is 0 Å². The van der Waals surface area contributed by atoms with Crippen molar-refractivity contribution < 1.29 is 0 Å². The second-order valence-electron chi connectivity index (χ2n) is 3.40. The Morgan fingerprint density at radius 1 is 1.43 bits per heavy atom. The summed E-state index contributed by atoms with van der Waals surface area (Å²) in [6.07, 6.45) is 2.20. The minimum absolute atomic E-state index is 0.0190. The van der Waals surface area contributed by atoms with Crippen molar-refractivity contribution in [2.24, 2.45) is 5.11 Å². The van der Waals surface area contributed by atoms with Crippen LogP contribution in [0.1, 0.15) is 23.6 Å². The largest absolute Gasteiger partial charge is 0.0848 e. The highest BCUT2D eigenvalue weighted by atomic mass is 127. The molecule has 3 nitrogen and oxygen atoms in total. The van der Waals surface area contributed by atoms with Crippen LogP contribution < -0.4 is 0 Å². The molecule has 0 saturated carbocycles. The van der Waals surface area contributed by atoms with Gasteiger partial charge in [-0.1, -0.05) is 52.0 Å². The van der Waals surface area contributed by atoms with Crippen molar-refractivity contribution in [3.63, 3.8) is 0 Å². The van der Waals surface area contributed by atoms with Crippen molar-refractivity contribution in [2.75, 3.05) is 0 Å². The van der Waals surface area contributed by atoms with Crippen LogP contribution in [0.15, 0.2) is 29.4 Å². The number of benzene rings is 1. The second-order valence-corrected chi connectivity index (χ2v) is 5.00. The Kier molecular flexibility index (Phi) is 2.93. The summed E-state index contributed by atoms with van der Waals surface area (Å²) in [5.74, 6) is 0. The molecule has 0 heterocycles. The quantitative estimate of drug-likeness (QED) is 0.249. The van der Waals surface area contributed by atoms with Gasteiger partial charge in [-0.05, 0) is 29.5 Å². The monoisotopic (exact) mass is 299 g/mol. The fourth-order valence-corrected chi connectivity index (χ4v) is 2.73. The lowest BCUT2D eigenvalue weighted by Crippen LogP contribution is -2.18. The summed E-state index contributed by atoms with van der Waals surface area (Å²) in [5.41, 5.74) is 11.1. The van der Waals surface area contributed by atoms with Crippen LogP contribution in [0.4, 0.5) is 0 Å². The molecule has 0 radical (unpaired) electrons. The zero-order valence-corrected chi connectivity index (χ0v) is 9.76. The Bertz CT molecular complexity index is 385. The standard InChI is InChI=1S/C10H10IN3/c11-9-6-5-7-3-1-2-4-8(7)10(9)13-14-12/h1-4,9-10H,5-6H2/t9-,10+/m1/s1. The predicted molar refractivity (Wildman–Crippen MR) is 64.5 cm³/mol. The molecule has 0 bridgehead atoms.